The molecule has 5 N–H and O–H groups in total. The maximum Gasteiger partial charge on any atom is 0.254 e. The molecule has 2 saturated carbocycles. The number of amides is 2. The quantitative estimate of drug-likeness (QED) is 0.504. The minimum atomic E-state index is -0.626. The number of hydrogen-bond donors (Lipinski definition) is 3. The first-order valence-electron chi connectivity index (χ1n) is 11.3. The van der Waals surface area contributed by atoms with Crippen molar-refractivity contribution in [3.8, 4) is 11.3 Å². The van der Waals surface area contributed by atoms with Crippen molar-refractivity contribution < 1.29 is 14.1 Å². The summed E-state index contributed by atoms with van der Waals surface area (Å²) in [6, 6.07) is 9.08. The standard InChI is InChI=1S/C24H28N6O3/c1-13(2)30-22(25)20(23(26)32)21(28-30)15-6-4-14(5-7-15)10-18(31)27-19-11-17(29-33-19)16-12-24(16)8-3-9-24/h4-7,11,13,16H,3,8-10,12,25H2,1-2H3,(H2,26,32)(H,27,31). The molecule has 0 aliphatic heterocycles. The van der Waals surface area contributed by atoms with E-state index in [9.17, 15) is 9.59 Å². The molecule has 3 aromatic rings. The number of primary amides is 1. The Kier molecular flexibility index (Phi) is 4.99. The van der Waals surface area contributed by atoms with Gasteiger partial charge >= 0.3 is 0 Å². The zero-order valence-corrected chi connectivity index (χ0v) is 18.8. The Morgan fingerprint density at radius 2 is 2.00 bits per heavy atom. The van der Waals surface area contributed by atoms with Crippen LogP contribution in [0.3, 0.4) is 0 Å². The summed E-state index contributed by atoms with van der Waals surface area (Å²) in [6.45, 7) is 3.85. The molecule has 1 atom stereocenters. The molecule has 9 nitrogen and oxygen atoms in total. The molecule has 2 aliphatic rings. The zero-order valence-electron chi connectivity index (χ0n) is 18.8. The van der Waals surface area contributed by atoms with E-state index in [1.165, 1.54) is 25.7 Å². The first-order valence-corrected chi connectivity index (χ1v) is 11.3. The van der Waals surface area contributed by atoms with E-state index in [0.717, 1.165) is 11.3 Å². The molecule has 1 spiro atoms. The van der Waals surface area contributed by atoms with Gasteiger partial charge in [0.25, 0.3) is 5.91 Å². The van der Waals surface area contributed by atoms with Crippen molar-refractivity contribution in [3.63, 3.8) is 0 Å². The Hall–Kier alpha value is -3.62. The van der Waals surface area contributed by atoms with Crippen LogP contribution in [0, 0.1) is 5.41 Å². The third-order valence-corrected chi connectivity index (χ3v) is 6.96. The maximum absolute atomic E-state index is 12.5. The van der Waals surface area contributed by atoms with Crippen LogP contribution in [-0.4, -0.2) is 26.8 Å². The molecule has 2 fully saturated rings. The van der Waals surface area contributed by atoms with Crippen molar-refractivity contribution >= 4 is 23.5 Å². The van der Waals surface area contributed by atoms with Gasteiger partial charge in [-0.15, -0.1) is 0 Å². The van der Waals surface area contributed by atoms with Crippen LogP contribution in [0.2, 0.25) is 0 Å². The first-order chi connectivity index (χ1) is 15.8. The molecule has 2 aromatic heterocycles. The number of rotatable bonds is 7. The molecule has 5 rings (SSSR count). The van der Waals surface area contributed by atoms with Gasteiger partial charge in [0, 0.05) is 23.6 Å². The minimum Gasteiger partial charge on any atom is -0.383 e. The van der Waals surface area contributed by atoms with Crippen molar-refractivity contribution in [3.05, 3.63) is 47.2 Å². The molecular formula is C24H28N6O3. The average molecular weight is 449 g/mol. The fraction of sp³-hybridized carbons (Fsp3) is 0.417. The van der Waals surface area contributed by atoms with Gasteiger partial charge in [0.1, 0.15) is 17.1 Å². The lowest BCUT2D eigenvalue weighted by Gasteiger charge is -2.25. The van der Waals surface area contributed by atoms with E-state index in [0.29, 0.717) is 28.5 Å². The molecule has 0 radical (unpaired) electrons. The van der Waals surface area contributed by atoms with Gasteiger partial charge in [-0.3, -0.25) is 14.9 Å². The summed E-state index contributed by atoms with van der Waals surface area (Å²) in [6.07, 6.45) is 5.20. The lowest BCUT2D eigenvalue weighted by Crippen LogP contribution is -2.15. The van der Waals surface area contributed by atoms with Gasteiger partial charge in [0.2, 0.25) is 11.8 Å². The summed E-state index contributed by atoms with van der Waals surface area (Å²) in [5.74, 6) is 0.293. The highest BCUT2D eigenvalue weighted by Gasteiger charge is 2.59. The Balaban J connectivity index is 1.25. The largest absolute Gasteiger partial charge is 0.383 e. The number of nitrogens with zero attached hydrogens (tertiary/aromatic N) is 3. The Morgan fingerprint density at radius 1 is 1.27 bits per heavy atom. The van der Waals surface area contributed by atoms with Gasteiger partial charge < -0.3 is 16.0 Å². The summed E-state index contributed by atoms with van der Waals surface area (Å²) in [5, 5.41) is 11.4. The highest BCUT2D eigenvalue weighted by Crippen LogP contribution is 2.70. The molecule has 2 heterocycles. The molecule has 0 bridgehead atoms. The summed E-state index contributed by atoms with van der Waals surface area (Å²) < 4.78 is 6.91. The molecule has 2 aliphatic carbocycles. The van der Waals surface area contributed by atoms with Crippen molar-refractivity contribution in [1.29, 1.82) is 0 Å². The topological polar surface area (TPSA) is 142 Å². The second kappa shape index (κ2) is 7.75. The van der Waals surface area contributed by atoms with Gasteiger partial charge in [0.15, 0.2) is 0 Å². The second-order valence-electron chi connectivity index (χ2n) is 9.52. The Labute approximate surface area is 191 Å². The molecule has 1 aromatic carbocycles. The van der Waals surface area contributed by atoms with Crippen LogP contribution in [0.4, 0.5) is 11.7 Å². The van der Waals surface area contributed by atoms with Crippen molar-refractivity contribution in [2.45, 2.75) is 57.9 Å². The van der Waals surface area contributed by atoms with Gasteiger partial charge in [-0.1, -0.05) is 35.8 Å². The molecule has 33 heavy (non-hydrogen) atoms. The number of nitrogens with two attached hydrogens (primary N) is 2. The number of anilines is 2. The fourth-order valence-electron chi connectivity index (χ4n) is 4.89. The van der Waals surface area contributed by atoms with E-state index >= 15 is 0 Å². The van der Waals surface area contributed by atoms with E-state index in [4.69, 9.17) is 16.0 Å². The molecule has 172 valence electrons. The molecule has 2 amide bonds. The van der Waals surface area contributed by atoms with Crippen molar-refractivity contribution in [2.24, 2.45) is 11.1 Å². The minimum absolute atomic E-state index is 0.0180. The highest BCUT2D eigenvalue weighted by molar-refractivity contribution is 6.03. The number of benzene rings is 1. The lowest BCUT2D eigenvalue weighted by molar-refractivity contribution is -0.115. The Morgan fingerprint density at radius 3 is 2.58 bits per heavy atom. The van der Waals surface area contributed by atoms with Crippen LogP contribution in [0.1, 0.15) is 73.1 Å². The fourth-order valence-corrected chi connectivity index (χ4v) is 4.89. The van der Waals surface area contributed by atoms with Gasteiger partial charge in [-0.05, 0) is 44.1 Å². The van der Waals surface area contributed by atoms with E-state index in [2.05, 4.69) is 15.6 Å². The second-order valence-corrected chi connectivity index (χ2v) is 9.52. The van der Waals surface area contributed by atoms with E-state index in [1.54, 1.807) is 16.8 Å². The molecule has 0 saturated heterocycles. The van der Waals surface area contributed by atoms with Crippen LogP contribution in [0.5, 0.6) is 0 Å². The summed E-state index contributed by atoms with van der Waals surface area (Å²) in [4.78, 5) is 24.5. The maximum atomic E-state index is 12.5. The normalized spacial score (nSPS) is 18.3. The van der Waals surface area contributed by atoms with Gasteiger partial charge in [-0.2, -0.15) is 5.10 Å². The number of carbonyl (C=O) groups is 2. The van der Waals surface area contributed by atoms with Crippen LogP contribution in [0.25, 0.3) is 11.3 Å². The summed E-state index contributed by atoms with van der Waals surface area (Å²) in [7, 11) is 0. The SMILES string of the molecule is CC(C)n1nc(-c2ccc(CC(=O)Nc3cc(C4CC45CCC5)no3)cc2)c(C(N)=O)c1N. The third-order valence-electron chi connectivity index (χ3n) is 6.96. The molecule has 1 unspecified atom stereocenters. The number of nitrogen functional groups attached to an aromatic ring is 1. The molecule has 9 heteroatoms. The van der Waals surface area contributed by atoms with Crippen LogP contribution in [0.15, 0.2) is 34.9 Å². The zero-order chi connectivity index (χ0) is 23.3. The highest BCUT2D eigenvalue weighted by atomic mass is 16.5. The van der Waals surface area contributed by atoms with E-state index < -0.39 is 5.91 Å². The molecular weight excluding hydrogens is 420 g/mol. The van der Waals surface area contributed by atoms with Crippen LogP contribution in [-0.2, 0) is 11.2 Å². The number of nitrogens with one attached hydrogen (secondary N) is 1. The van der Waals surface area contributed by atoms with Crippen molar-refractivity contribution in [1.82, 2.24) is 14.9 Å². The predicted octanol–water partition coefficient (Wildman–Crippen LogP) is 3.64. The lowest BCUT2D eigenvalue weighted by atomic mass is 9.79. The van der Waals surface area contributed by atoms with Gasteiger partial charge in [-0.25, -0.2) is 4.68 Å². The number of aromatic nitrogens is 3. The Bertz CT molecular complexity index is 1220. The van der Waals surface area contributed by atoms with E-state index in [-0.39, 0.29) is 29.8 Å². The van der Waals surface area contributed by atoms with Crippen molar-refractivity contribution in [2.75, 3.05) is 11.1 Å². The number of hydrogen-bond acceptors (Lipinski definition) is 6. The summed E-state index contributed by atoms with van der Waals surface area (Å²) >= 11 is 0. The first kappa shape index (κ1) is 21.2. The van der Waals surface area contributed by atoms with E-state index in [1.807, 2.05) is 32.0 Å². The third kappa shape index (κ3) is 3.77. The number of carbonyl (C=O) groups excluding carboxylic acids is 2. The summed E-state index contributed by atoms with van der Waals surface area (Å²) in [5.41, 5.74) is 15.2. The van der Waals surface area contributed by atoms with Gasteiger partial charge in [0.05, 0.1) is 12.1 Å². The average Bonchev–Trinajstić information content (AvgIpc) is 3.19. The monoisotopic (exact) mass is 448 g/mol. The van der Waals surface area contributed by atoms with Crippen LogP contribution >= 0.6 is 0 Å². The predicted molar refractivity (Wildman–Crippen MR) is 123 cm³/mol. The van der Waals surface area contributed by atoms with Crippen LogP contribution < -0.4 is 16.8 Å². The smallest absolute Gasteiger partial charge is 0.254 e.